The molecule has 0 saturated carbocycles. The van der Waals surface area contributed by atoms with E-state index < -0.39 is 0 Å². The van der Waals surface area contributed by atoms with Gasteiger partial charge in [-0.05, 0) is 31.9 Å². The standard InChI is InChI=1S/C17H21N5/c1-11(2)10-18-16-15-12(3)21-22(14-8-6-5-7-9-14)17(15)20-13(4)19-16/h5-9,11H,10H2,1-4H3,(H,18,19,20). The third kappa shape index (κ3) is 2.66. The molecule has 0 atom stereocenters. The first kappa shape index (κ1) is 14.5. The van der Waals surface area contributed by atoms with Crippen molar-refractivity contribution in [1.29, 1.82) is 0 Å². The molecule has 1 aromatic carbocycles. The zero-order valence-electron chi connectivity index (χ0n) is 13.5. The van der Waals surface area contributed by atoms with E-state index in [-0.39, 0.29) is 0 Å². The molecule has 2 aromatic heterocycles. The fourth-order valence-corrected chi connectivity index (χ4v) is 2.47. The van der Waals surface area contributed by atoms with Crippen molar-refractivity contribution in [2.24, 2.45) is 5.92 Å². The average molecular weight is 295 g/mol. The summed E-state index contributed by atoms with van der Waals surface area (Å²) in [5.41, 5.74) is 2.79. The molecule has 114 valence electrons. The Morgan fingerprint density at radius 3 is 2.50 bits per heavy atom. The Morgan fingerprint density at radius 2 is 1.82 bits per heavy atom. The molecular formula is C17H21N5. The molecule has 1 N–H and O–H groups in total. The minimum atomic E-state index is 0.551. The van der Waals surface area contributed by atoms with E-state index in [9.17, 15) is 0 Å². The van der Waals surface area contributed by atoms with Crippen LogP contribution in [0.15, 0.2) is 30.3 Å². The van der Waals surface area contributed by atoms with Gasteiger partial charge >= 0.3 is 0 Å². The second kappa shape index (κ2) is 5.75. The van der Waals surface area contributed by atoms with Crippen molar-refractivity contribution in [3.63, 3.8) is 0 Å². The van der Waals surface area contributed by atoms with E-state index in [1.54, 1.807) is 0 Å². The molecular weight excluding hydrogens is 274 g/mol. The molecule has 0 aliphatic rings. The summed E-state index contributed by atoms with van der Waals surface area (Å²) in [4.78, 5) is 9.18. The summed E-state index contributed by atoms with van der Waals surface area (Å²) in [5.74, 6) is 2.17. The number of benzene rings is 1. The molecule has 3 rings (SSSR count). The number of aromatic nitrogens is 4. The summed E-state index contributed by atoms with van der Waals surface area (Å²) in [6.45, 7) is 9.15. The van der Waals surface area contributed by atoms with Gasteiger partial charge in [0.25, 0.3) is 0 Å². The highest BCUT2D eigenvalue weighted by Gasteiger charge is 2.16. The largest absolute Gasteiger partial charge is 0.369 e. The van der Waals surface area contributed by atoms with Crippen LogP contribution in [0.25, 0.3) is 16.7 Å². The molecule has 0 spiro atoms. The molecule has 22 heavy (non-hydrogen) atoms. The van der Waals surface area contributed by atoms with Gasteiger partial charge in [0.2, 0.25) is 0 Å². The summed E-state index contributed by atoms with van der Waals surface area (Å²) >= 11 is 0. The number of rotatable bonds is 4. The Morgan fingerprint density at radius 1 is 1.09 bits per heavy atom. The number of hydrogen-bond donors (Lipinski definition) is 1. The molecule has 0 fully saturated rings. The molecule has 0 radical (unpaired) electrons. The maximum absolute atomic E-state index is 4.66. The third-order valence-electron chi connectivity index (χ3n) is 3.49. The molecule has 5 nitrogen and oxygen atoms in total. The van der Waals surface area contributed by atoms with Crippen molar-refractivity contribution >= 4 is 16.9 Å². The van der Waals surface area contributed by atoms with Crippen LogP contribution in [0.1, 0.15) is 25.4 Å². The van der Waals surface area contributed by atoms with Crippen LogP contribution in [-0.2, 0) is 0 Å². The smallest absolute Gasteiger partial charge is 0.168 e. The fraction of sp³-hybridized carbons (Fsp3) is 0.353. The number of hydrogen-bond acceptors (Lipinski definition) is 4. The fourth-order valence-electron chi connectivity index (χ4n) is 2.47. The number of aryl methyl sites for hydroxylation is 2. The number of nitrogens with one attached hydrogen (secondary N) is 1. The summed E-state index contributed by atoms with van der Waals surface area (Å²) < 4.78 is 1.89. The van der Waals surface area contributed by atoms with Crippen molar-refractivity contribution in [2.75, 3.05) is 11.9 Å². The second-order valence-corrected chi connectivity index (χ2v) is 5.93. The second-order valence-electron chi connectivity index (χ2n) is 5.93. The monoisotopic (exact) mass is 295 g/mol. The quantitative estimate of drug-likeness (QED) is 0.800. The maximum atomic E-state index is 4.66. The van der Waals surface area contributed by atoms with Crippen LogP contribution in [0.4, 0.5) is 5.82 Å². The lowest BCUT2D eigenvalue weighted by Crippen LogP contribution is -2.10. The summed E-state index contributed by atoms with van der Waals surface area (Å²) in [5, 5.41) is 9.09. The number of fused-ring (bicyclic) bond motifs is 1. The average Bonchev–Trinajstić information content (AvgIpc) is 2.82. The molecule has 3 aromatic rings. The van der Waals surface area contributed by atoms with Crippen molar-refractivity contribution in [2.45, 2.75) is 27.7 Å². The van der Waals surface area contributed by atoms with Gasteiger partial charge < -0.3 is 5.32 Å². The van der Waals surface area contributed by atoms with Crippen molar-refractivity contribution in [3.8, 4) is 5.69 Å². The number of para-hydroxylation sites is 1. The normalized spacial score (nSPS) is 11.3. The zero-order valence-corrected chi connectivity index (χ0v) is 13.5. The maximum Gasteiger partial charge on any atom is 0.168 e. The lowest BCUT2D eigenvalue weighted by atomic mass is 10.2. The Labute approximate surface area is 130 Å². The predicted molar refractivity (Wildman–Crippen MR) is 89.5 cm³/mol. The minimum Gasteiger partial charge on any atom is -0.369 e. The van der Waals surface area contributed by atoms with Gasteiger partial charge in [-0.2, -0.15) is 5.10 Å². The van der Waals surface area contributed by atoms with E-state index in [0.717, 1.165) is 40.6 Å². The van der Waals surface area contributed by atoms with Crippen LogP contribution >= 0.6 is 0 Å². The van der Waals surface area contributed by atoms with E-state index in [4.69, 9.17) is 0 Å². The SMILES string of the molecule is Cc1nc(NCC(C)C)c2c(C)nn(-c3ccccc3)c2n1. The molecule has 0 bridgehead atoms. The van der Waals surface area contributed by atoms with Gasteiger partial charge in [-0.3, -0.25) is 0 Å². The van der Waals surface area contributed by atoms with Crippen molar-refractivity contribution in [1.82, 2.24) is 19.7 Å². The van der Waals surface area contributed by atoms with E-state index in [0.29, 0.717) is 5.92 Å². The molecule has 2 heterocycles. The van der Waals surface area contributed by atoms with E-state index in [1.807, 2.05) is 48.9 Å². The number of anilines is 1. The summed E-state index contributed by atoms with van der Waals surface area (Å²) in [7, 11) is 0. The molecule has 0 unspecified atom stereocenters. The van der Waals surface area contributed by atoms with Gasteiger partial charge in [0.15, 0.2) is 5.65 Å². The highest BCUT2D eigenvalue weighted by atomic mass is 15.3. The first-order valence-electron chi connectivity index (χ1n) is 7.59. The zero-order chi connectivity index (χ0) is 15.7. The Kier molecular flexibility index (Phi) is 3.79. The molecule has 0 amide bonds. The van der Waals surface area contributed by atoms with Crippen LogP contribution in [-0.4, -0.2) is 26.3 Å². The lowest BCUT2D eigenvalue weighted by Gasteiger charge is -2.10. The van der Waals surface area contributed by atoms with Crippen LogP contribution in [0.5, 0.6) is 0 Å². The molecule has 0 saturated heterocycles. The third-order valence-corrected chi connectivity index (χ3v) is 3.49. The highest BCUT2D eigenvalue weighted by Crippen LogP contribution is 2.26. The van der Waals surface area contributed by atoms with Gasteiger partial charge in [-0.25, -0.2) is 14.6 Å². The van der Waals surface area contributed by atoms with Gasteiger partial charge in [-0.15, -0.1) is 0 Å². The van der Waals surface area contributed by atoms with Crippen LogP contribution in [0.2, 0.25) is 0 Å². The summed E-state index contributed by atoms with van der Waals surface area (Å²) in [6, 6.07) is 10.1. The highest BCUT2D eigenvalue weighted by molar-refractivity contribution is 5.90. The van der Waals surface area contributed by atoms with Crippen LogP contribution < -0.4 is 5.32 Å². The van der Waals surface area contributed by atoms with Gasteiger partial charge in [0.05, 0.1) is 16.8 Å². The van der Waals surface area contributed by atoms with Crippen LogP contribution in [0.3, 0.4) is 0 Å². The topological polar surface area (TPSA) is 55.6 Å². The Balaban J connectivity index is 2.18. The molecule has 5 heteroatoms. The molecule has 0 aliphatic heterocycles. The van der Waals surface area contributed by atoms with E-state index in [1.165, 1.54) is 0 Å². The lowest BCUT2D eigenvalue weighted by molar-refractivity contribution is 0.687. The first-order chi connectivity index (χ1) is 10.6. The van der Waals surface area contributed by atoms with E-state index in [2.05, 4.69) is 34.2 Å². The number of nitrogens with zero attached hydrogens (tertiary/aromatic N) is 4. The Hall–Kier alpha value is -2.43. The predicted octanol–water partition coefficient (Wildman–Crippen LogP) is 3.50. The van der Waals surface area contributed by atoms with Gasteiger partial charge in [0, 0.05) is 6.54 Å². The van der Waals surface area contributed by atoms with Crippen LogP contribution in [0, 0.1) is 19.8 Å². The Bertz CT molecular complexity index is 790. The van der Waals surface area contributed by atoms with Crippen molar-refractivity contribution < 1.29 is 0 Å². The molecule has 0 aliphatic carbocycles. The van der Waals surface area contributed by atoms with Crippen molar-refractivity contribution in [3.05, 3.63) is 41.9 Å². The summed E-state index contributed by atoms with van der Waals surface area (Å²) in [6.07, 6.45) is 0. The van der Waals surface area contributed by atoms with E-state index >= 15 is 0 Å². The van der Waals surface area contributed by atoms with Gasteiger partial charge in [0.1, 0.15) is 11.6 Å². The first-order valence-corrected chi connectivity index (χ1v) is 7.59. The minimum absolute atomic E-state index is 0.551. The van der Waals surface area contributed by atoms with Gasteiger partial charge in [-0.1, -0.05) is 32.0 Å².